The summed E-state index contributed by atoms with van der Waals surface area (Å²) in [5.74, 6) is -0.601. The molecule has 0 aliphatic carbocycles. The van der Waals surface area contributed by atoms with Crippen LogP contribution in [0.5, 0.6) is 5.75 Å². The fourth-order valence-corrected chi connectivity index (χ4v) is 2.56. The molecule has 1 aliphatic rings. The lowest BCUT2D eigenvalue weighted by molar-refractivity contribution is -0.146. The zero-order valence-electron chi connectivity index (χ0n) is 13.1. The Labute approximate surface area is 143 Å². The first kappa shape index (κ1) is 16.3. The highest BCUT2D eigenvalue weighted by Gasteiger charge is 2.47. The topological polar surface area (TPSA) is 85.2 Å². The van der Waals surface area contributed by atoms with E-state index in [4.69, 9.17) is 16.3 Å². The Kier molecular flexibility index (Phi) is 4.44. The van der Waals surface area contributed by atoms with Crippen molar-refractivity contribution in [1.82, 2.24) is 15.1 Å². The molecule has 7 nitrogen and oxygen atoms in total. The molecule has 2 amide bonds. The largest absolute Gasteiger partial charge is 0.466 e. The first-order valence-corrected chi connectivity index (χ1v) is 7.92. The van der Waals surface area contributed by atoms with Crippen LogP contribution in [0.15, 0.2) is 36.7 Å². The van der Waals surface area contributed by atoms with Crippen molar-refractivity contribution in [2.24, 2.45) is 0 Å². The monoisotopic (exact) mass is 348 g/mol. The third kappa shape index (κ3) is 3.21. The molecule has 0 saturated heterocycles. The molecule has 1 atom stereocenters. The number of aryl methyl sites for hydroxylation is 1. The van der Waals surface area contributed by atoms with E-state index in [9.17, 15) is 9.59 Å². The molecule has 3 rings (SSSR count). The summed E-state index contributed by atoms with van der Waals surface area (Å²) in [5, 5.41) is 9.96. The number of aromatic nitrogens is 2. The van der Waals surface area contributed by atoms with Crippen molar-refractivity contribution in [2.75, 3.05) is 11.9 Å². The van der Waals surface area contributed by atoms with Crippen molar-refractivity contribution in [3.63, 3.8) is 0 Å². The van der Waals surface area contributed by atoms with E-state index < -0.39 is 17.4 Å². The maximum Gasteiger partial charge on any atom is 0.278 e. The number of anilines is 1. The minimum atomic E-state index is -1.62. The molecule has 0 radical (unpaired) electrons. The number of nitrogens with one attached hydrogen (secondary N) is 2. The van der Waals surface area contributed by atoms with Crippen LogP contribution >= 0.6 is 11.6 Å². The van der Waals surface area contributed by atoms with E-state index in [1.165, 1.54) is 6.92 Å². The molecule has 1 aromatic carbocycles. The summed E-state index contributed by atoms with van der Waals surface area (Å²) >= 11 is 5.89. The van der Waals surface area contributed by atoms with Gasteiger partial charge in [-0.3, -0.25) is 14.3 Å². The Balaban J connectivity index is 1.61. The van der Waals surface area contributed by atoms with E-state index in [0.717, 1.165) is 0 Å². The van der Waals surface area contributed by atoms with Crippen LogP contribution in [0.1, 0.15) is 13.3 Å². The van der Waals surface area contributed by atoms with Gasteiger partial charge in [-0.05, 0) is 37.6 Å². The average molecular weight is 349 g/mol. The highest BCUT2D eigenvalue weighted by molar-refractivity contribution is 6.31. The number of carbonyl (C=O) groups is 2. The minimum Gasteiger partial charge on any atom is -0.466 e. The van der Waals surface area contributed by atoms with Crippen LogP contribution in [0.25, 0.3) is 0 Å². The Hall–Kier alpha value is -2.54. The van der Waals surface area contributed by atoms with Crippen molar-refractivity contribution in [1.29, 1.82) is 0 Å². The summed E-state index contributed by atoms with van der Waals surface area (Å²) in [6.07, 6.45) is 4.24. The summed E-state index contributed by atoms with van der Waals surface area (Å²) in [6.45, 7) is 2.54. The average Bonchev–Trinajstić information content (AvgIpc) is 3.06. The molecule has 1 aromatic heterocycles. The first-order chi connectivity index (χ1) is 11.5. The summed E-state index contributed by atoms with van der Waals surface area (Å²) in [4.78, 5) is 24.7. The Morgan fingerprint density at radius 3 is 3.08 bits per heavy atom. The van der Waals surface area contributed by atoms with Gasteiger partial charge < -0.3 is 15.4 Å². The first-order valence-electron chi connectivity index (χ1n) is 7.55. The number of ether oxygens (including phenoxy) is 1. The van der Waals surface area contributed by atoms with E-state index in [-0.39, 0.29) is 0 Å². The quantitative estimate of drug-likeness (QED) is 0.637. The third-order valence-electron chi connectivity index (χ3n) is 3.78. The van der Waals surface area contributed by atoms with Crippen LogP contribution in [-0.4, -0.2) is 33.7 Å². The van der Waals surface area contributed by atoms with Crippen LogP contribution in [-0.2, 0) is 16.1 Å². The van der Waals surface area contributed by atoms with Crippen molar-refractivity contribution < 1.29 is 14.3 Å². The van der Waals surface area contributed by atoms with Gasteiger partial charge in [-0.1, -0.05) is 11.6 Å². The maximum absolute atomic E-state index is 12.4. The second kappa shape index (κ2) is 6.52. The number of rotatable bonds is 5. The minimum absolute atomic E-state index is 0.410. The van der Waals surface area contributed by atoms with Gasteiger partial charge in [-0.25, -0.2) is 0 Å². The van der Waals surface area contributed by atoms with Gasteiger partial charge in [-0.2, -0.15) is 5.10 Å². The molecular weight excluding hydrogens is 332 g/mol. The number of carbonyl (C=O) groups excluding carboxylic acids is 2. The number of nitrogens with zero attached hydrogens (tertiary/aromatic N) is 2. The zero-order chi connectivity index (χ0) is 17.2. The van der Waals surface area contributed by atoms with E-state index in [0.29, 0.717) is 36.0 Å². The summed E-state index contributed by atoms with van der Waals surface area (Å²) in [6, 6.07) is 6.68. The Bertz CT molecular complexity index is 763. The summed E-state index contributed by atoms with van der Waals surface area (Å²) < 4.78 is 7.43. The van der Waals surface area contributed by atoms with Crippen molar-refractivity contribution in [3.05, 3.63) is 41.7 Å². The van der Waals surface area contributed by atoms with Gasteiger partial charge in [0, 0.05) is 30.5 Å². The fourth-order valence-electron chi connectivity index (χ4n) is 2.39. The molecule has 1 aliphatic heterocycles. The molecule has 24 heavy (non-hydrogen) atoms. The molecule has 0 saturated carbocycles. The molecular formula is C16H17ClN4O3. The van der Waals surface area contributed by atoms with E-state index >= 15 is 0 Å². The number of hydrogen-bond acceptors (Lipinski definition) is 4. The van der Waals surface area contributed by atoms with Crippen LogP contribution in [0, 0.1) is 0 Å². The smallest absolute Gasteiger partial charge is 0.278 e. The fraction of sp³-hybridized carbons (Fsp3) is 0.312. The number of amides is 2. The number of hydrogen-bond donors (Lipinski definition) is 2. The maximum atomic E-state index is 12.4. The Morgan fingerprint density at radius 2 is 2.33 bits per heavy atom. The van der Waals surface area contributed by atoms with Crippen LogP contribution in [0.3, 0.4) is 0 Å². The summed E-state index contributed by atoms with van der Waals surface area (Å²) in [5.41, 5.74) is -1.16. The zero-order valence-corrected chi connectivity index (χ0v) is 13.8. The predicted octanol–water partition coefficient (Wildman–Crippen LogP) is 1.83. The highest BCUT2D eigenvalue weighted by Crippen LogP contribution is 2.35. The normalized spacial score (nSPS) is 19.2. The van der Waals surface area contributed by atoms with Gasteiger partial charge in [0.05, 0.1) is 5.69 Å². The van der Waals surface area contributed by atoms with Crippen LogP contribution in [0.4, 0.5) is 5.69 Å². The van der Waals surface area contributed by atoms with Gasteiger partial charge in [0.15, 0.2) is 0 Å². The van der Waals surface area contributed by atoms with Crippen LogP contribution < -0.4 is 15.4 Å². The van der Waals surface area contributed by atoms with E-state index in [1.54, 1.807) is 29.1 Å². The van der Waals surface area contributed by atoms with E-state index in [1.807, 2.05) is 12.3 Å². The Morgan fingerprint density at radius 1 is 1.50 bits per heavy atom. The number of halogens is 1. The molecule has 2 aromatic rings. The summed E-state index contributed by atoms with van der Waals surface area (Å²) in [7, 11) is 0. The van der Waals surface area contributed by atoms with Gasteiger partial charge in [0.2, 0.25) is 0 Å². The second-order valence-electron chi connectivity index (χ2n) is 5.61. The SMILES string of the molecule is C[C@@]1(C(=O)NCCCn2cccn2)Oc2ccc(Cl)cc2NC1=O. The van der Waals surface area contributed by atoms with Crippen molar-refractivity contribution in [3.8, 4) is 5.75 Å². The molecule has 2 heterocycles. The van der Waals surface area contributed by atoms with Gasteiger partial charge >= 0.3 is 0 Å². The molecule has 2 N–H and O–H groups in total. The lowest BCUT2D eigenvalue weighted by Crippen LogP contribution is -2.58. The number of fused-ring (bicyclic) bond motifs is 1. The molecule has 8 heteroatoms. The standard InChI is InChI=1S/C16H17ClN4O3/c1-16(14(22)18-6-2-8-21-9-3-7-19-21)15(23)20-12-10-11(17)4-5-13(12)24-16/h3-5,7,9-10H,2,6,8H2,1H3,(H,18,22)(H,20,23)/t16-/m0/s1. The van der Waals surface area contributed by atoms with Crippen LogP contribution in [0.2, 0.25) is 5.02 Å². The lowest BCUT2D eigenvalue weighted by atomic mass is 10.0. The van der Waals surface area contributed by atoms with Crippen molar-refractivity contribution >= 4 is 29.1 Å². The second-order valence-corrected chi connectivity index (χ2v) is 6.04. The number of benzene rings is 1. The van der Waals surface area contributed by atoms with E-state index in [2.05, 4.69) is 15.7 Å². The third-order valence-corrected chi connectivity index (χ3v) is 4.01. The molecule has 0 spiro atoms. The van der Waals surface area contributed by atoms with Crippen molar-refractivity contribution in [2.45, 2.75) is 25.5 Å². The predicted molar refractivity (Wildman–Crippen MR) is 89.0 cm³/mol. The lowest BCUT2D eigenvalue weighted by Gasteiger charge is -2.33. The van der Waals surface area contributed by atoms with Gasteiger partial charge in [0.1, 0.15) is 5.75 Å². The molecule has 0 bridgehead atoms. The molecule has 0 unspecified atom stereocenters. The highest BCUT2D eigenvalue weighted by atomic mass is 35.5. The van der Waals surface area contributed by atoms with Gasteiger partial charge in [-0.15, -0.1) is 0 Å². The molecule has 126 valence electrons. The molecule has 0 fully saturated rings. The van der Waals surface area contributed by atoms with Gasteiger partial charge in [0.25, 0.3) is 17.4 Å².